The van der Waals surface area contributed by atoms with Crippen LogP contribution in [-0.2, 0) is 17.7 Å². The molecule has 1 aromatic carbocycles. The molecule has 0 saturated heterocycles. The van der Waals surface area contributed by atoms with Crippen LogP contribution >= 0.6 is 0 Å². The highest BCUT2D eigenvalue weighted by molar-refractivity contribution is 5.99. The summed E-state index contributed by atoms with van der Waals surface area (Å²) in [5.41, 5.74) is 2.97. The molecule has 0 radical (unpaired) electrons. The van der Waals surface area contributed by atoms with Crippen LogP contribution < -0.4 is 10.6 Å². The lowest BCUT2D eigenvalue weighted by atomic mass is 10.1. The predicted octanol–water partition coefficient (Wildman–Crippen LogP) is 3.66. The van der Waals surface area contributed by atoms with Crippen LogP contribution in [0.25, 0.3) is 0 Å². The first kappa shape index (κ1) is 18.8. The normalized spacial score (nSPS) is 13.7. The number of amides is 3. The van der Waals surface area contributed by atoms with E-state index in [-0.39, 0.29) is 12.1 Å². The lowest BCUT2D eigenvalue weighted by molar-refractivity contribution is 0.0224. The summed E-state index contributed by atoms with van der Waals surface area (Å²) in [6.45, 7) is 8.36. The molecule has 2 aromatic rings. The van der Waals surface area contributed by atoms with Gasteiger partial charge in [0.1, 0.15) is 5.60 Å². The van der Waals surface area contributed by atoms with Crippen molar-refractivity contribution in [2.75, 3.05) is 17.2 Å². The number of aromatic amines is 1. The molecule has 0 unspecified atom stereocenters. The number of urea groups is 1. The Bertz CT molecular complexity index is 836. The molecular weight excluding hydrogens is 346 g/mol. The Morgan fingerprint density at radius 1 is 1.19 bits per heavy atom. The first-order chi connectivity index (χ1) is 12.7. The molecule has 1 aliphatic heterocycles. The van der Waals surface area contributed by atoms with E-state index < -0.39 is 5.60 Å². The zero-order chi connectivity index (χ0) is 19.6. The van der Waals surface area contributed by atoms with Crippen molar-refractivity contribution in [3.05, 3.63) is 41.1 Å². The number of aromatic nitrogens is 2. The fourth-order valence-electron chi connectivity index (χ4n) is 2.79. The summed E-state index contributed by atoms with van der Waals surface area (Å²) in [5, 5.41) is 12.6. The summed E-state index contributed by atoms with van der Waals surface area (Å²) < 4.78 is 5.44. The molecule has 27 heavy (non-hydrogen) atoms. The van der Waals surface area contributed by atoms with Crippen LogP contribution in [0.4, 0.5) is 21.1 Å². The van der Waals surface area contributed by atoms with Crippen LogP contribution in [0.1, 0.15) is 37.6 Å². The topological polar surface area (TPSA) is 99.4 Å². The molecule has 1 aliphatic rings. The van der Waals surface area contributed by atoms with Crippen molar-refractivity contribution in [2.24, 2.45) is 0 Å². The van der Waals surface area contributed by atoms with E-state index in [2.05, 4.69) is 20.8 Å². The number of rotatable bonds is 2. The number of benzene rings is 1. The number of hydrogen-bond acceptors (Lipinski definition) is 4. The third-order valence-corrected chi connectivity index (χ3v) is 4.13. The van der Waals surface area contributed by atoms with Gasteiger partial charge in [0.15, 0.2) is 5.82 Å². The van der Waals surface area contributed by atoms with Crippen molar-refractivity contribution in [1.82, 2.24) is 15.1 Å². The molecule has 0 saturated carbocycles. The van der Waals surface area contributed by atoms with Crippen molar-refractivity contribution in [1.29, 1.82) is 0 Å². The van der Waals surface area contributed by atoms with E-state index in [1.807, 2.05) is 52.0 Å². The lowest BCUT2D eigenvalue weighted by Gasteiger charge is -2.30. The minimum Gasteiger partial charge on any atom is -0.444 e. The number of hydrogen-bond donors (Lipinski definition) is 3. The first-order valence-electron chi connectivity index (χ1n) is 8.90. The van der Waals surface area contributed by atoms with Gasteiger partial charge >= 0.3 is 12.1 Å². The van der Waals surface area contributed by atoms with Gasteiger partial charge < -0.3 is 15.0 Å². The van der Waals surface area contributed by atoms with Crippen LogP contribution in [0.3, 0.4) is 0 Å². The number of nitrogens with zero attached hydrogens (tertiary/aromatic N) is 2. The third-order valence-electron chi connectivity index (χ3n) is 4.13. The smallest absolute Gasteiger partial charge is 0.410 e. The molecule has 1 aromatic heterocycles. The predicted molar refractivity (Wildman–Crippen MR) is 103 cm³/mol. The fraction of sp³-hybridized carbons (Fsp3) is 0.421. The summed E-state index contributed by atoms with van der Waals surface area (Å²) in [4.78, 5) is 26.2. The second-order valence-electron chi connectivity index (χ2n) is 7.63. The number of ether oxygens (including phenoxy) is 1. The largest absolute Gasteiger partial charge is 0.444 e. The maximum Gasteiger partial charge on any atom is 0.410 e. The molecule has 3 N–H and O–H groups in total. The van der Waals surface area contributed by atoms with Gasteiger partial charge in [-0.05, 0) is 39.8 Å². The first-order valence-corrected chi connectivity index (χ1v) is 8.90. The maximum atomic E-state index is 12.3. The SMILES string of the molecule is Cc1ccc(NC(=O)Nc2n[nH]c3c2CN(C(=O)OC(C)(C)C)CC3)cc1. The summed E-state index contributed by atoms with van der Waals surface area (Å²) in [5.74, 6) is 0.419. The van der Waals surface area contributed by atoms with Gasteiger partial charge in [0.2, 0.25) is 0 Å². The van der Waals surface area contributed by atoms with Gasteiger partial charge in [0.05, 0.1) is 6.54 Å². The van der Waals surface area contributed by atoms with Crippen LogP contribution in [0.2, 0.25) is 0 Å². The third kappa shape index (κ3) is 4.78. The molecule has 3 amide bonds. The van der Waals surface area contributed by atoms with E-state index in [1.165, 1.54) is 0 Å². The van der Waals surface area contributed by atoms with Crippen LogP contribution in [0, 0.1) is 6.92 Å². The summed E-state index contributed by atoms with van der Waals surface area (Å²) >= 11 is 0. The highest BCUT2D eigenvalue weighted by atomic mass is 16.6. The van der Waals surface area contributed by atoms with Crippen LogP contribution in [0.5, 0.6) is 0 Å². The zero-order valence-corrected chi connectivity index (χ0v) is 16.0. The molecule has 0 aliphatic carbocycles. The Hall–Kier alpha value is -3.03. The monoisotopic (exact) mass is 371 g/mol. The minimum absolute atomic E-state index is 0.334. The maximum absolute atomic E-state index is 12.3. The number of H-pyrrole nitrogens is 1. The highest BCUT2D eigenvalue weighted by Crippen LogP contribution is 2.25. The van der Waals surface area contributed by atoms with Gasteiger partial charge in [-0.25, -0.2) is 9.59 Å². The second-order valence-corrected chi connectivity index (χ2v) is 7.63. The van der Waals surface area contributed by atoms with E-state index in [0.717, 1.165) is 16.8 Å². The Kier molecular flexibility index (Phi) is 5.07. The van der Waals surface area contributed by atoms with E-state index >= 15 is 0 Å². The lowest BCUT2D eigenvalue weighted by Crippen LogP contribution is -2.40. The Labute approximate surface area is 158 Å². The zero-order valence-electron chi connectivity index (χ0n) is 16.0. The molecule has 144 valence electrons. The quantitative estimate of drug-likeness (QED) is 0.750. The Morgan fingerprint density at radius 3 is 2.56 bits per heavy atom. The molecular formula is C19H25N5O3. The molecule has 0 bridgehead atoms. The van der Waals surface area contributed by atoms with Gasteiger partial charge in [0.25, 0.3) is 0 Å². The van der Waals surface area contributed by atoms with Crippen LogP contribution in [-0.4, -0.2) is 39.4 Å². The fourth-order valence-corrected chi connectivity index (χ4v) is 2.79. The van der Waals surface area contributed by atoms with Gasteiger partial charge in [-0.2, -0.15) is 5.10 Å². The molecule has 0 spiro atoms. The average Bonchev–Trinajstić information content (AvgIpc) is 2.97. The molecule has 0 atom stereocenters. The van der Waals surface area contributed by atoms with Gasteiger partial charge in [0, 0.05) is 29.9 Å². The number of fused-ring (bicyclic) bond motifs is 1. The van der Waals surface area contributed by atoms with E-state index in [9.17, 15) is 9.59 Å². The number of carbonyl (C=O) groups excluding carboxylic acids is 2. The van der Waals surface area contributed by atoms with E-state index in [1.54, 1.807) is 4.90 Å². The molecule has 3 rings (SSSR count). The Balaban J connectivity index is 1.66. The molecule has 0 fully saturated rings. The number of anilines is 2. The van der Waals surface area contributed by atoms with E-state index in [4.69, 9.17) is 4.74 Å². The summed E-state index contributed by atoms with van der Waals surface area (Å²) in [6.07, 6.45) is 0.257. The van der Waals surface area contributed by atoms with Gasteiger partial charge in [-0.15, -0.1) is 0 Å². The summed E-state index contributed by atoms with van der Waals surface area (Å²) in [7, 11) is 0. The second kappa shape index (κ2) is 7.30. The number of nitrogens with one attached hydrogen (secondary N) is 3. The standard InChI is InChI=1S/C19H25N5O3/c1-12-5-7-13(8-6-12)20-17(25)21-16-14-11-24(10-9-15(14)22-23-16)18(26)27-19(2,3)4/h5-8H,9-11H2,1-4H3,(H3,20,21,22,23,25). The molecule has 2 heterocycles. The van der Waals surface area contributed by atoms with E-state index in [0.29, 0.717) is 31.0 Å². The van der Waals surface area contributed by atoms with Crippen molar-refractivity contribution in [3.63, 3.8) is 0 Å². The highest BCUT2D eigenvalue weighted by Gasteiger charge is 2.29. The van der Waals surface area contributed by atoms with Gasteiger partial charge in [-0.1, -0.05) is 17.7 Å². The average molecular weight is 371 g/mol. The minimum atomic E-state index is -0.553. The molecule has 8 nitrogen and oxygen atoms in total. The van der Waals surface area contributed by atoms with Crippen molar-refractivity contribution >= 4 is 23.6 Å². The van der Waals surface area contributed by atoms with Crippen molar-refractivity contribution < 1.29 is 14.3 Å². The summed E-state index contributed by atoms with van der Waals surface area (Å²) in [6, 6.07) is 7.12. The number of aryl methyl sites for hydroxylation is 1. The van der Waals surface area contributed by atoms with Crippen molar-refractivity contribution in [3.8, 4) is 0 Å². The van der Waals surface area contributed by atoms with Crippen molar-refractivity contribution in [2.45, 2.75) is 46.3 Å². The molecule has 8 heteroatoms. The van der Waals surface area contributed by atoms with Gasteiger partial charge in [-0.3, -0.25) is 10.4 Å². The number of carbonyl (C=O) groups is 2. The van der Waals surface area contributed by atoms with Crippen LogP contribution in [0.15, 0.2) is 24.3 Å². The Morgan fingerprint density at radius 2 is 1.89 bits per heavy atom.